The molecule has 0 radical (unpaired) electrons. The van der Waals surface area contributed by atoms with Crippen molar-refractivity contribution in [2.24, 2.45) is 0 Å². The smallest absolute Gasteiger partial charge is 0.243 e. The minimum atomic E-state index is -3.77. The molecule has 0 saturated carbocycles. The van der Waals surface area contributed by atoms with Gasteiger partial charge in [-0.25, -0.2) is 31.1 Å². The monoisotopic (exact) mass is 451 g/mol. The van der Waals surface area contributed by atoms with Crippen molar-refractivity contribution in [3.63, 3.8) is 0 Å². The zero-order valence-corrected chi connectivity index (χ0v) is 17.9. The summed E-state index contributed by atoms with van der Waals surface area (Å²) in [6.07, 6.45) is 3.21. The lowest BCUT2D eigenvalue weighted by molar-refractivity contribution is -0.116. The van der Waals surface area contributed by atoms with Crippen molar-refractivity contribution >= 4 is 37.6 Å². The van der Waals surface area contributed by atoms with Gasteiger partial charge in [0, 0.05) is 45.0 Å². The third-order valence-corrected chi connectivity index (χ3v) is 8.91. The van der Waals surface area contributed by atoms with Crippen molar-refractivity contribution in [1.29, 1.82) is 0 Å². The lowest BCUT2D eigenvalue weighted by atomic mass is 10.2. The van der Waals surface area contributed by atoms with Gasteiger partial charge in [0.1, 0.15) is 0 Å². The maximum Gasteiger partial charge on any atom is 0.243 e. The molecular weight excluding hydrogens is 430 g/mol. The van der Waals surface area contributed by atoms with Gasteiger partial charge in [-0.15, -0.1) is 0 Å². The van der Waals surface area contributed by atoms with Gasteiger partial charge >= 0.3 is 0 Å². The molecule has 0 atom stereocenters. The Morgan fingerprint density at radius 1 is 1.03 bits per heavy atom. The van der Waals surface area contributed by atoms with E-state index in [1.165, 1.54) is 22.5 Å². The molecule has 0 spiro atoms. The van der Waals surface area contributed by atoms with E-state index in [4.69, 9.17) is 0 Å². The van der Waals surface area contributed by atoms with Gasteiger partial charge in [0.25, 0.3) is 0 Å². The number of carbonyl (C=O) groups is 1. The predicted octanol–water partition coefficient (Wildman–Crippen LogP) is 0.362. The number of anilines is 2. The molecule has 12 heteroatoms. The second-order valence-electron chi connectivity index (χ2n) is 7.11. The summed E-state index contributed by atoms with van der Waals surface area (Å²) in [7, 11) is -7.47. The number of rotatable bonds is 4. The van der Waals surface area contributed by atoms with E-state index in [1.807, 2.05) is 4.90 Å². The van der Waals surface area contributed by atoms with Gasteiger partial charge in [0.2, 0.25) is 31.9 Å². The summed E-state index contributed by atoms with van der Waals surface area (Å²) in [4.78, 5) is 22.4. The highest BCUT2D eigenvalue weighted by Gasteiger charge is 2.37. The van der Waals surface area contributed by atoms with E-state index in [1.54, 1.807) is 25.4 Å². The largest absolute Gasteiger partial charge is 0.338 e. The Balaban J connectivity index is 1.54. The third kappa shape index (κ3) is 3.66. The van der Waals surface area contributed by atoms with Crippen molar-refractivity contribution < 1.29 is 21.6 Å². The highest BCUT2D eigenvalue weighted by molar-refractivity contribution is 7.94. The summed E-state index contributed by atoms with van der Waals surface area (Å²) >= 11 is 0. The standard InChI is InChI=1S/C18H21N5O5S2/c1-14-13-15(23-17(24)5-12-29(23,25)26)3-4-16(14)30(27,28)22-10-8-21(9-11-22)18-19-6-2-7-20-18/h2-4,6-7,13H,5,8-12H2,1H3. The molecule has 0 unspecified atom stereocenters. The SMILES string of the molecule is Cc1cc(N2C(=O)CCS2(=O)=O)ccc1S(=O)(=O)N1CCN(c2ncccn2)CC1. The molecule has 2 saturated heterocycles. The van der Waals surface area contributed by atoms with Crippen LogP contribution in [0.15, 0.2) is 41.6 Å². The first-order valence-corrected chi connectivity index (χ1v) is 12.4. The number of sulfonamides is 2. The second-order valence-corrected chi connectivity index (χ2v) is 11.0. The lowest BCUT2D eigenvalue weighted by Crippen LogP contribution is -2.49. The molecule has 2 aliphatic heterocycles. The van der Waals surface area contributed by atoms with Gasteiger partial charge < -0.3 is 4.90 Å². The van der Waals surface area contributed by atoms with E-state index < -0.39 is 26.0 Å². The van der Waals surface area contributed by atoms with Gasteiger partial charge in [0.05, 0.1) is 16.3 Å². The van der Waals surface area contributed by atoms with Crippen LogP contribution < -0.4 is 9.21 Å². The maximum atomic E-state index is 13.2. The van der Waals surface area contributed by atoms with Crippen LogP contribution in [-0.4, -0.2) is 68.9 Å². The molecule has 3 heterocycles. The molecule has 0 bridgehead atoms. The molecule has 2 aromatic rings. The van der Waals surface area contributed by atoms with E-state index in [9.17, 15) is 21.6 Å². The molecule has 1 aromatic heterocycles. The lowest BCUT2D eigenvalue weighted by Gasteiger charge is -2.34. The van der Waals surface area contributed by atoms with Crippen LogP contribution in [0.5, 0.6) is 0 Å². The third-order valence-electron chi connectivity index (χ3n) is 5.16. The topological polar surface area (TPSA) is 121 Å². The molecule has 30 heavy (non-hydrogen) atoms. The van der Waals surface area contributed by atoms with Crippen LogP contribution in [-0.2, 0) is 24.8 Å². The predicted molar refractivity (Wildman–Crippen MR) is 110 cm³/mol. The van der Waals surface area contributed by atoms with Crippen LogP contribution in [0.2, 0.25) is 0 Å². The second kappa shape index (κ2) is 7.60. The van der Waals surface area contributed by atoms with Crippen LogP contribution in [0.3, 0.4) is 0 Å². The number of aromatic nitrogens is 2. The number of carbonyl (C=O) groups excluding carboxylic acids is 1. The van der Waals surface area contributed by atoms with Crippen LogP contribution in [0, 0.1) is 6.92 Å². The fourth-order valence-corrected chi connectivity index (χ4v) is 6.72. The Morgan fingerprint density at radius 2 is 1.70 bits per heavy atom. The van der Waals surface area contributed by atoms with Crippen molar-refractivity contribution in [3.05, 3.63) is 42.2 Å². The van der Waals surface area contributed by atoms with Crippen molar-refractivity contribution in [3.8, 4) is 0 Å². The van der Waals surface area contributed by atoms with E-state index in [2.05, 4.69) is 9.97 Å². The molecule has 0 N–H and O–H groups in total. The number of hydrogen-bond acceptors (Lipinski definition) is 8. The summed E-state index contributed by atoms with van der Waals surface area (Å²) in [5.41, 5.74) is 0.552. The summed E-state index contributed by atoms with van der Waals surface area (Å²) in [6.45, 7) is 3.07. The maximum absolute atomic E-state index is 13.2. The molecule has 1 aromatic carbocycles. The first-order valence-electron chi connectivity index (χ1n) is 9.39. The zero-order valence-electron chi connectivity index (χ0n) is 16.3. The van der Waals surface area contributed by atoms with Gasteiger partial charge in [-0.2, -0.15) is 4.31 Å². The Morgan fingerprint density at radius 3 is 2.27 bits per heavy atom. The van der Waals surface area contributed by atoms with E-state index in [0.29, 0.717) is 24.6 Å². The van der Waals surface area contributed by atoms with Gasteiger partial charge in [0.15, 0.2) is 0 Å². The van der Waals surface area contributed by atoms with E-state index in [0.717, 1.165) is 4.31 Å². The molecule has 10 nitrogen and oxygen atoms in total. The van der Waals surface area contributed by atoms with Crippen LogP contribution in [0.25, 0.3) is 0 Å². The molecule has 2 aliphatic rings. The summed E-state index contributed by atoms with van der Waals surface area (Å²) < 4.78 is 52.7. The number of benzene rings is 1. The molecule has 4 rings (SSSR count). The minimum absolute atomic E-state index is 0.0726. The van der Waals surface area contributed by atoms with Crippen LogP contribution >= 0.6 is 0 Å². The molecule has 0 aliphatic carbocycles. The number of aryl methyl sites for hydroxylation is 1. The Kier molecular flexibility index (Phi) is 5.24. The first kappa shape index (κ1) is 20.7. The minimum Gasteiger partial charge on any atom is -0.338 e. The highest BCUT2D eigenvalue weighted by atomic mass is 32.2. The quantitative estimate of drug-likeness (QED) is 0.653. The fraction of sp³-hybridized carbons (Fsp3) is 0.389. The van der Waals surface area contributed by atoms with Gasteiger partial charge in [-0.05, 0) is 36.8 Å². The fourth-order valence-electron chi connectivity index (χ4n) is 3.64. The zero-order chi connectivity index (χ0) is 21.5. The normalized spacial score (nSPS) is 20.0. The number of hydrogen-bond donors (Lipinski definition) is 0. The first-order chi connectivity index (χ1) is 14.2. The van der Waals surface area contributed by atoms with E-state index in [-0.39, 0.29) is 35.8 Å². The van der Waals surface area contributed by atoms with Gasteiger partial charge in [-0.3, -0.25) is 4.79 Å². The summed E-state index contributed by atoms with van der Waals surface area (Å²) in [5.74, 6) is -0.184. The summed E-state index contributed by atoms with van der Waals surface area (Å²) in [5, 5.41) is 0. The average molecular weight is 452 g/mol. The van der Waals surface area contributed by atoms with Crippen LogP contribution in [0.1, 0.15) is 12.0 Å². The molecular formula is C18H21N5O5S2. The van der Waals surface area contributed by atoms with Crippen molar-refractivity contribution in [2.45, 2.75) is 18.2 Å². The van der Waals surface area contributed by atoms with E-state index >= 15 is 0 Å². The average Bonchev–Trinajstić information content (AvgIpc) is 3.00. The van der Waals surface area contributed by atoms with Crippen molar-refractivity contribution in [1.82, 2.24) is 14.3 Å². The molecule has 160 valence electrons. The Bertz CT molecular complexity index is 1180. The van der Waals surface area contributed by atoms with Crippen molar-refractivity contribution in [2.75, 3.05) is 41.1 Å². The number of amides is 1. The Hall–Kier alpha value is -2.57. The summed E-state index contributed by atoms with van der Waals surface area (Å²) in [6, 6.07) is 5.89. The van der Waals surface area contributed by atoms with Gasteiger partial charge in [-0.1, -0.05) is 0 Å². The molecule has 1 amide bonds. The molecule has 2 fully saturated rings. The number of piperazine rings is 1. The number of nitrogens with zero attached hydrogens (tertiary/aromatic N) is 5. The highest BCUT2D eigenvalue weighted by Crippen LogP contribution is 2.30. The Labute approximate surface area is 175 Å². The van der Waals surface area contributed by atoms with Crippen LogP contribution in [0.4, 0.5) is 11.6 Å².